The molecule has 33 heavy (non-hydrogen) atoms. The fraction of sp³-hybridized carbons (Fsp3) is 0.385. The lowest BCUT2D eigenvalue weighted by Crippen LogP contribution is -2.48. The molecular weight excluding hydrogens is 457 g/mol. The first-order valence-electron chi connectivity index (χ1n) is 11.5. The van der Waals surface area contributed by atoms with Gasteiger partial charge in [-0.3, -0.25) is 14.5 Å². The molecule has 0 aromatic heterocycles. The third kappa shape index (κ3) is 6.38. The number of hydrogen-bond donors (Lipinski definition) is 0. The maximum absolute atomic E-state index is 12.8. The number of likely N-dealkylation sites (tertiary alicyclic amines) is 1. The molecule has 0 radical (unpaired) electrons. The fourth-order valence-corrected chi connectivity index (χ4v) is 4.87. The summed E-state index contributed by atoms with van der Waals surface area (Å²) < 4.78 is 0. The van der Waals surface area contributed by atoms with Gasteiger partial charge in [0.1, 0.15) is 0 Å². The van der Waals surface area contributed by atoms with E-state index in [2.05, 4.69) is 29.2 Å². The molecule has 2 aromatic rings. The Morgan fingerprint density at radius 1 is 0.939 bits per heavy atom. The Hall–Kier alpha value is -2.34. The van der Waals surface area contributed by atoms with Crippen molar-refractivity contribution in [2.45, 2.75) is 31.8 Å². The molecule has 2 amide bonds. The van der Waals surface area contributed by atoms with E-state index in [1.165, 1.54) is 5.56 Å². The zero-order valence-corrected chi connectivity index (χ0v) is 20.1. The fourth-order valence-electron chi connectivity index (χ4n) is 4.57. The first kappa shape index (κ1) is 23.8. The predicted molar refractivity (Wildman–Crippen MR) is 133 cm³/mol. The highest BCUT2D eigenvalue weighted by Gasteiger charge is 2.30. The Morgan fingerprint density at radius 3 is 2.42 bits per heavy atom. The average Bonchev–Trinajstić information content (AvgIpc) is 3.02. The summed E-state index contributed by atoms with van der Waals surface area (Å²) in [6.07, 6.45) is 5.60. The summed E-state index contributed by atoms with van der Waals surface area (Å²) in [6, 6.07) is 16.0. The van der Waals surface area contributed by atoms with Gasteiger partial charge in [0, 0.05) is 57.8 Å². The highest BCUT2D eigenvalue weighted by atomic mass is 35.5. The number of nitrogens with zero attached hydrogens (tertiary/aromatic N) is 3. The number of carbonyl (C=O) groups excluding carboxylic acids is 2. The molecular formula is C26H29Cl2N3O2. The topological polar surface area (TPSA) is 43.9 Å². The summed E-state index contributed by atoms with van der Waals surface area (Å²) in [5.74, 6) is 0.0636. The van der Waals surface area contributed by atoms with E-state index in [1.807, 2.05) is 17.0 Å². The maximum atomic E-state index is 12.8. The Bertz CT molecular complexity index is 1000. The van der Waals surface area contributed by atoms with Crippen LogP contribution >= 0.6 is 23.2 Å². The Balaban J connectivity index is 1.29. The van der Waals surface area contributed by atoms with Crippen LogP contribution in [0.3, 0.4) is 0 Å². The van der Waals surface area contributed by atoms with Crippen molar-refractivity contribution in [3.63, 3.8) is 0 Å². The van der Waals surface area contributed by atoms with Crippen molar-refractivity contribution in [2.75, 3.05) is 32.7 Å². The van der Waals surface area contributed by atoms with Crippen LogP contribution in [-0.4, -0.2) is 65.3 Å². The van der Waals surface area contributed by atoms with E-state index in [1.54, 1.807) is 29.2 Å². The quantitative estimate of drug-likeness (QED) is 0.574. The Kier molecular flexibility index (Phi) is 8.07. The SMILES string of the molecule is O=C(C=Cc1ccc(Cl)c(Cl)c1)N1CCC(=O)N(C2CCN(Cc3ccccc3)CC2)CC1. The molecule has 2 fully saturated rings. The van der Waals surface area contributed by atoms with Crippen molar-refractivity contribution in [1.29, 1.82) is 0 Å². The summed E-state index contributed by atoms with van der Waals surface area (Å²) in [6.45, 7) is 4.52. The molecule has 0 unspecified atom stereocenters. The third-order valence-corrected chi connectivity index (χ3v) is 7.19. The minimum absolute atomic E-state index is 0.0894. The van der Waals surface area contributed by atoms with Crippen molar-refractivity contribution in [1.82, 2.24) is 14.7 Å². The molecule has 0 spiro atoms. The van der Waals surface area contributed by atoms with Crippen LogP contribution in [0.25, 0.3) is 6.08 Å². The summed E-state index contributed by atoms with van der Waals surface area (Å²) in [4.78, 5) is 31.8. The van der Waals surface area contributed by atoms with Crippen molar-refractivity contribution < 1.29 is 9.59 Å². The molecule has 174 valence electrons. The van der Waals surface area contributed by atoms with E-state index in [9.17, 15) is 9.59 Å². The van der Waals surface area contributed by atoms with Gasteiger partial charge in [-0.05, 0) is 42.2 Å². The Morgan fingerprint density at radius 2 is 1.70 bits per heavy atom. The zero-order chi connectivity index (χ0) is 23.2. The molecule has 0 aliphatic carbocycles. The summed E-state index contributed by atoms with van der Waals surface area (Å²) in [5.41, 5.74) is 2.14. The number of benzene rings is 2. The van der Waals surface area contributed by atoms with E-state index in [-0.39, 0.29) is 17.9 Å². The minimum Gasteiger partial charge on any atom is -0.338 e. The van der Waals surface area contributed by atoms with E-state index in [0.29, 0.717) is 36.1 Å². The average molecular weight is 486 g/mol. The van der Waals surface area contributed by atoms with Crippen LogP contribution in [0, 0.1) is 0 Å². The number of halogens is 2. The van der Waals surface area contributed by atoms with Gasteiger partial charge >= 0.3 is 0 Å². The van der Waals surface area contributed by atoms with Gasteiger partial charge in [0.25, 0.3) is 0 Å². The molecule has 4 rings (SSSR count). The van der Waals surface area contributed by atoms with Crippen LogP contribution in [0.1, 0.15) is 30.4 Å². The monoisotopic (exact) mass is 485 g/mol. The molecule has 2 aromatic carbocycles. The standard InChI is InChI=1S/C26H29Cl2N3O2/c27-23-8-6-20(18-24(23)28)7-9-25(32)30-15-12-26(33)31(17-16-30)22-10-13-29(14-11-22)19-21-4-2-1-3-5-21/h1-9,18,22H,10-17,19H2. The van der Waals surface area contributed by atoms with Crippen LogP contribution in [0.15, 0.2) is 54.6 Å². The zero-order valence-electron chi connectivity index (χ0n) is 18.6. The van der Waals surface area contributed by atoms with Gasteiger partial charge in [0.05, 0.1) is 10.0 Å². The third-order valence-electron chi connectivity index (χ3n) is 6.45. The van der Waals surface area contributed by atoms with Crippen molar-refractivity contribution >= 4 is 41.1 Å². The predicted octanol–water partition coefficient (Wildman–Crippen LogP) is 4.73. The van der Waals surface area contributed by atoms with Gasteiger partial charge in [-0.15, -0.1) is 0 Å². The largest absolute Gasteiger partial charge is 0.338 e. The molecule has 5 nitrogen and oxygen atoms in total. The summed E-state index contributed by atoms with van der Waals surface area (Å²) in [7, 11) is 0. The van der Waals surface area contributed by atoms with Gasteiger partial charge in [-0.1, -0.05) is 59.6 Å². The van der Waals surface area contributed by atoms with Crippen LogP contribution in [-0.2, 0) is 16.1 Å². The molecule has 2 aliphatic heterocycles. The molecule has 0 bridgehead atoms. The first-order chi connectivity index (χ1) is 16.0. The number of piperidine rings is 1. The van der Waals surface area contributed by atoms with Crippen molar-refractivity contribution in [2.24, 2.45) is 0 Å². The van der Waals surface area contributed by atoms with E-state index in [4.69, 9.17) is 23.2 Å². The normalized spacial score (nSPS) is 18.7. The lowest BCUT2D eigenvalue weighted by atomic mass is 10.0. The summed E-state index contributed by atoms with van der Waals surface area (Å²) in [5, 5.41) is 0.939. The molecule has 7 heteroatoms. The lowest BCUT2D eigenvalue weighted by Gasteiger charge is -2.38. The lowest BCUT2D eigenvalue weighted by molar-refractivity contribution is -0.133. The molecule has 0 atom stereocenters. The number of hydrogen-bond acceptors (Lipinski definition) is 3. The number of amides is 2. The number of rotatable bonds is 5. The maximum Gasteiger partial charge on any atom is 0.246 e. The second-order valence-electron chi connectivity index (χ2n) is 8.66. The molecule has 2 saturated heterocycles. The van der Waals surface area contributed by atoms with E-state index >= 15 is 0 Å². The van der Waals surface area contributed by atoms with E-state index in [0.717, 1.165) is 38.0 Å². The van der Waals surface area contributed by atoms with Crippen molar-refractivity contribution in [3.8, 4) is 0 Å². The van der Waals surface area contributed by atoms with Crippen molar-refractivity contribution in [3.05, 3.63) is 75.8 Å². The van der Waals surface area contributed by atoms with Crippen LogP contribution in [0.4, 0.5) is 0 Å². The molecule has 0 saturated carbocycles. The molecule has 2 aliphatic rings. The molecule has 0 N–H and O–H groups in total. The highest BCUT2D eigenvalue weighted by molar-refractivity contribution is 6.42. The second kappa shape index (κ2) is 11.2. The van der Waals surface area contributed by atoms with E-state index < -0.39 is 0 Å². The van der Waals surface area contributed by atoms with Gasteiger partial charge in [-0.2, -0.15) is 0 Å². The van der Waals surface area contributed by atoms with Crippen LogP contribution in [0.2, 0.25) is 10.0 Å². The van der Waals surface area contributed by atoms with Gasteiger partial charge in [0.2, 0.25) is 11.8 Å². The smallest absolute Gasteiger partial charge is 0.246 e. The van der Waals surface area contributed by atoms with Crippen LogP contribution in [0.5, 0.6) is 0 Å². The second-order valence-corrected chi connectivity index (χ2v) is 9.48. The van der Waals surface area contributed by atoms with Crippen LogP contribution < -0.4 is 0 Å². The van der Waals surface area contributed by atoms with Gasteiger partial charge < -0.3 is 9.80 Å². The number of carbonyl (C=O) groups is 2. The van der Waals surface area contributed by atoms with Gasteiger partial charge in [0.15, 0.2) is 0 Å². The Labute approximate surface area is 205 Å². The summed E-state index contributed by atoms with van der Waals surface area (Å²) >= 11 is 12.0. The first-order valence-corrected chi connectivity index (χ1v) is 12.2. The highest BCUT2D eigenvalue weighted by Crippen LogP contribution is 2.24. The van der Waals surface area contributed by atoms with Gasteiger partial charge in [-0.25, -0.2) is 0 Å². The molecule has 2 heterocycles. The minimum atomic E-state index is -0.0894.